The molecule has 10 heteroatoms. The van der Waals surface area contributed by atoms with Crippen LogP contribution in [0.3, 0.4) is 0 Å². The Bertz CT molecular complexity index is 1600. The number of carbonyl (C=O) groups is 3. The number of ether oxygens (including phenoxy) is 1. The van der Waals surface area contributed by atoms with E-state index >= 15 is 0 Å². The number of imidazole rings is 1. The Morgan fingerprint density at radius 2 is 1.60 bits per heavy atom. The van der Waals surface area contributed by atoms with Gasteiger partial charge in [0, 0.05) is 46.2 Å². The van der Waals surface area contributed by atoms with Crippen LogP contribution in [-0.2, 0) is 21.4 Å². The molecule has 0 radical (unpaired) electrons. The lowest BCUT2D eigenvalue weighted by molar-refractivity contribution is -0.135. The van der Waals surface area contributed by atoms with E-state index in [4.69, 9.17) is 4.74 Å². The van der Waals surface area contributed by atoms with Crippen LogP contribution in [0, 0.1) is 5.92 Å². The fourth-order valence-electron chi connectivity index (χ4n) is 6.68. The summed E-state index contributed by atoms with van der Waals surface area (Å²) in [4.78, 5) is 53.8. The molecule has 1 saturated carbocycles. The van der Waals surface area contributed by atoms with E-state index in [0.717, 1.165) is 36.3 Å². The fraction of sp³-hybridized carbons (Fsp3) is 0.515. The zero-order valence-corrected chi connectivity index (χ0v) is 25.5. The van der Waals surface area contributed by atoms with Gasteiger partial charge >= 0.3 is 11.8 Å². The Hall–Kier alpha value is -3.92. The molecule has 1 aromatic heterocycles. The third-order valence-corrected chi connectivity index (χ3v) is 9.10. The summed E-state index contributed by atoms with van der Waals surface area (Å²) in [7, 11) is 1.72. The molecular weight excluding hydrogens is 546 g/mol. The summed E-state index contributed by atoms with van der Waals surface area (Å²) >= 11 is 0. The number of piperazine rings is 1. The predicted molar refractivity (Wildman–Crippen MR) is 164 cm³/mol. The number of fused-ring (bicyclic) bond motifs is 1. The summed E-state index contributed by atoms with van der Waals surface area (Å²) in [5, 5.41) is 2.36. The number of rotatable bonds is 5. The van der Waals surface area contributed by atoms with E-state index in [1.807, 2.05) is 43.9 Å². The van der Waals surface area contributed by atoms with Gasteiger partial charge in [-0.3, -0.25) is 28.9 Å². The summed E-state index contributed by atoms with van der Waals surface area (Å²) in [6, 6.07) is 13.9. The van der Waals surface area contributed by atoms with Crippen molar-refractivity contribution in [3.05, 3.63) is 58.5 Å². The van der Waals surface area contributed by atoms with E-state index in [-0.39, 0.29) is 24.1 Å². The molecule has 3 aromatic rings. The Kier molecular flexibility index (Phi) is 7.66. The SMILES string of the molecule is Cn1c(=O)n(C2CCC(=O)NC2=O)c2ccc(-c3ccc(C4CC(CN5CCN(C(=O)OC(C)(C)C)CC5)C4)cc3)cc21. The van der Waals surface area contributed by atoms with Crippen LogP contribution in [0.2, 0.25) is 0 Å². The van der Waals surface area contributed by atoms with Crippen LogP contribution in [0.5, 0.6) is 0 Å². The molecule has 228 valence electrons. The van der Waals surface area contributed by atoms with Crippen molar-refractivity contribution in [1.29, 1.82) is 0 Å². The molecule has 3 fully saturated rings. The molecule has 2 saturated heterocycles. The molecule has 10 nitrogen and oxygen atoms in total. The maximum Gasteiger partial charge on any atom is 0.410 e. The molecule has 43 heavy (non-hydrogen) atoms. The second-order valence-electron chi connectivity index (χ2n) is 13.3. The largest absolute Gasteiger partial charge is 0.444 e. The maximum atomic E-state index is 13.1. The Labute approximate surface area is 251 Å². The van der Waals surface area contributed by atoms with E-state index in [2.05, 4.69) is 34.5 Å². The number of aryl methyl sites for hydroxylation is 1. The van der Waals surface area contributed by atoms with Gasteiger partial charge in [0.25, 0.3) is 0 Å². The van der Waals surface area contributed by atoms with E-state index in [0.29, 0.717) is 36.9 Å². The predicted octanol–water partition coefficient (Wildman–Crippen LogP) is 4.03. The molecule has 3 amide bonds. The molecule has 1 N–H and O–H groups in total. The molecule has 0 spiro atoms. The van der Waals surface area contributed by atoms with E-state index in [9.17, 15) is 19.2 Å². The minimum Gasteiger partial charge on any atom is -0.444 e. The van der Waals surface area contributed by atoms with Crippen molar-refractivity contribution < 1.29 is 19.1 Å². The zero-order chi connectivity index (χ0) is 30.5. The number of benzene rings is 2. The number of nitrogens with one attached hydrogen (secondary N) is 1. The van der Waals surface area contributed by atoms with Crippen LogP contribution >= 0.6 is 0 Å². The van der Waals surface area contributed by atoms with Gasteiger partial charge in [-0.2, -0.15) is 0 Å². The molecule has 6 rings (SSSR count). The smallest absolute Gasteiger partial charge is 0.410 e. The number of amides is 3. The van der Waals surface area contributed by atoms with Crippen molar-refractivity contribution in [1.82, 2.24) is 24.3 Å². The first-order valence-corrected chi connectivity index (χ1v) is 15.3. The van der Waals surface area contributed by atoms with Crippen molar-refractivity contribution in [2.75, 3.05) is 32.7 Å². The van der Waals surface area contributed by atoms with E-state index < -0.39 is 17.6 Å². The van der Waals surface area contributed by atoms with Gasteiger partial charge in [0.1, 0.15) is 11.6 Å². The van der Waals surface area contributed by atoms with Gasteiger partial charge in [-0.15, -0.1) is 0 Å². The normalized spacial score (nSPS) is 23.3. The molecular formula is C33H41N5O5. The Balaban J connectivity index is 1.05. The zero-order valence-electron chi connectivity index (χ0n) is 25.5. The van der Waals surface area contributed by atoms with Crippen molar-refractivity contribution in [2.45, 2.75) is 64.0 Å². The fourth-order valence-corrected chi connectivity index (χ4v) is 6.68. The first kappa shape index (κ1) is 29.2. The van der Waals surface area contributed by atoms with Gasteiger partial charge in [0.05, 0.1) is 11.0 Å². The minimum absolute atomic E-state index is 0.214. The van der Waals surface area contributed by atoms with Crippen molar-refractivity contribution >= 4 is 28.9 Å². The number of carbonyl (C=O) groups excluding carboxylic acids is 3. The molecule has 1 aliphatic carbocycles. The second kappa shape index (κ2) is 11.3. The number of aromatic nitrogens is 2. The van der Waals surface area contributed by atoms with Gasteiger partial charge in [0.2, 0.25) is 11.8 Å². The quantitative estimate of drug-likeness (QED) is 0.452. The lowest BCUT2D eigenvalue weighted by atomic mass is 9.71. The van der Waals surface area contributed by atoms with Crippen LogP contribution in [-0.4, -0.2) is 75.2 Å². The Morgan fingerprint density at radius 3 is 2.26 bits per heavy atom. The maximum absolute atomic E-state index is 13.1. The molecule has 2 aromatic carbocycles. The van der Waals surface area contributed by atoms with Crippen LogP contribution in [0.15, 0.2) is 47.3 Å². The number of hydrogen-bond acceptors (Lipinski definition) is 6. The molecule has 3 heterocycles. The first-order chi connectivity index (χ1) is 20.5. The highest BCUT2D eigenvalue weighted by atomic mass is 16.6. The van der Waals surface area contributed by atoms with Gasteiger partial charge in [0.15, 0.2) is 0 Å². The van der Waals surface area contributed by atoms with Gasteiger partial charge in [-0.25, -0.2) is 9.59 Å². The molecule has 1 atom stereocenters. The molecule has 3 aliphatic rings. The third-order valence-electron chi connectivity index (χ3n) is 9.10. The average Bonchev–Trinajstić information content (AvgIpc) is 3.19. The lowest BCUT2D eigenvalue weighted by Crippen LogP contribution is -2.51. The van der Waals surface area contributed by atoms with Crippen LogP contribution in [0.1, 0.15) is 64.0 Å². The lowest BCUT2D eigenvalue weighted by Gasteiger charge is -2.42. The van der Waals surface area contributed by atoms with Crippen molar-refractivity contribution in [3.63, 3.8) is 0 Å². The highest BCUT2D eigenvalue weighted by Crippen LogP contribution is 2.42. The third kappa shape index (κ3) is 5.98. The van der Waals surface area contributed by atoms with Crippen molar-refractivity contribution in [2.24, 2.45) is 13.0 Å². The number of nitrogens with zero attached hydrogens (tertiary/aromatic N) is 4. The average molecular weight is 588 g/mol. The highest BCUT2D eigenvalue weighted by Gasteiger charge is 2.34. The number of hydrogen-bond donors (Lipinski definition) is 1. The second-order valence-corrected chi connectivity index (χ2v) is 13.3. The molecule has 1 unspecified atom stereocenters. The summed E-state index contributed by atoms with van der Waals surface area (Å²) in [5.41, 5.74) is 4.15. The summed E-state index contributed by atoms with van der Waals surface area (Å²) in [6.07, 6.45) is 2.67. The topological polar surface area (TPSA) is 106 Å². The summed E-state index contributed by atoms with van der Waals surface area (Å²) < 4.78 is 8.60. The van der Waals surface area contributed by atoms with Crippen LogP contribution in [0.4, 0.5) is 4.79 Å². The highest BCUT2D eigenvalue weighted by molar-refractivity contribution is 6.00. The van der Waals surface area contributed by atoms with E-state index in [1.165, 1.54) is 23.0 Å². The molecule has 0 bridgehead atoms. The van der Waals surface area contributed by atoms with Crippen LogP contribution in [0.25, 0.3) is 22.2 Å². The Morgan fingerprint density at radius 1 is 0.930 bits per heavy atom. The summed E-state index contributed by atoms with van der Waals surface area (Å²) in [6.45, 7) is 9.99. The minimum atomic E-state index is -0.688. The van der Waals surface area contributed by atoms with Gasteiger partial charge < -0.3 is 9.64 Å². The van der Waals surface area contributed by atoms with Crippen LogP contribution < -0.4 is 11.0 Å². The number of imide groups is 1. The van der Waals surface area contributed by atoms with E-state index in [1.54, 1.807) is 11.6 Å². The monoisotopic (exact) mass is 587 g/mol. The summed E-state index contributed by atoms with van der Waals surface area (Å²) in [5.74, 6) is 0.514. The van der Waals surface area contributed by atoms with Gasteiger partial charge in [-0.1, -0.05) is 30.3 Å². The standard InChI is InChI=1S/C33H41N5O5/c1-33(2,3)43-32(42)37-15-13-36(14-16-37)20-21-17-25(18-21)23-7-5-22(6-8-23)24-9-10-26-28(19-24)35(4)31(41)38(26)27-11-12-29(39)34-30(27)40/h5-10,19,21,25,27H,11-18,20H2,1-4H3,(H,34,39,40). The number of piperidine rings is 1. The van der Waals surface area contributed by atoms with Gasteiger partial charge in [-0.05, 0) is 80.7 Å². The first-order valence-electron chi connectivity index (χ1n) is 15.3. The van der Waals surface area contributed by atoms with Crippen molar-refractivity contribution in [3.8, 4) is 11.1 Å². The molecule has 2 aliphatic heterocycles.